The molecule has 0 N–H and O–H groups in total. The van der Waals surface area contributed by atoms with Crippen LogP contribution in [0.15, 0.2) is 130 Å². The second kappa shape index (κ2) is 8.62. The largest absolute Gasteiger partial charge is 0.454 e. The second-order valence-electron chi connectivity index (χ2n) is 10.2. The van der Waals surface area contributed by atoms with Crippen LogP contribution in [-0.2, 0) is 0 Å². The molecule has 9 rings (SSSR count). The first-order chi connectivity index (χ1) is 20.3. The minimum atomic E-state index is 0.631. The van der Waals surface area contributed by atoms with Crippen LogP contribution in [0, 0.1) is 0 Å². The standard InChI is InChI=1S/C36H20N2O2S/c1-4-10-28-25(7-1)31-32(38-33-26-8-2-6-12-30(26)41-35(33)34(31)39-28)23-17-13-21(14-18-23)22-15-19-24(20-16-22)36-37-27-9-3-5-11-29(27)40-36/h1-20H. The molecule has 41 heavy (non-hydrogen) atoms. The summed E-state index contributed by atoms with van der Waals surface area (Å²) in [6.07, 6.45) is 0. The van der Waals surface area contributed by atoms with Gasteiger partial charge in [0.2, 0.25) is 5.89 Å². The van der Waals surface area contributed by atoms with Gasteiger partial charge in [0.05, 0.1) is 21.3 Å². The van der Waals surface area contributed by atoms with Crippen molar-refractivity contribution in [1.29, 1.82) is 0 Å². The van der Waals surface area contributed by atoms with E-state index in [0.717, 1.165) is 76.6 Å². The number of hydrogen-bond acceptors (Lipinski definition) is 5. The first kappa shape index (κ1) is 22.5. The zero-order valence-electron chi connectivity index (χ0n) is 21.7. The summed E-state index contributed by atoms with van der Waals surface area (Å²) < 4.78 is 14.7. The molecule has 0 aliphatic carbocycles. The SMILES string of the molecule is c1ccc2oc(-c3ccc(-c4ccc(-c5nc6c7ccccc7sc6c6oc7ccccc7c56)cc4)cc3)nc2c1. The minimum absolute atomic E-state index is 0.631. The number of nitrogens with zero attached hydrogens (tertiary/aromatic N) is 2. The third kappa shape index (κ3) is 3.46. The van der Waals surface area contributed by atoms with E-state index in [2.05, 4.69) is 89.9 Å². The Labute approximate surface area is 238 Å². The van der Waals surface area contributed by atoms with Gasteiger partial charge in [0.25, 0.3) is 0 Å². The summed E-state index contributed by atoms with van der Waals surface area (Å²) in [5.74, 6) is 0.631. The number of benzene rings is 5. The second-order valence-corrected chi connectivity index (χ2v) is 11.2. The molecule has 0 saturated heterocycles. The topological polar surface area (TPSA) is 52.1 Å². The smallest absolute Gasteiger partial charge is 0.227 e. The Morgan fingerprint density at radius 3 is 1.93 bits per heavy atom. The van der Waals surface area contributed by atoms with E-state index in [-0.39, 0.29) is 0 Å². The van der Waals surface area contributed by atoms with Crippen LogP contribution in [0.25, 0.3) is 87.2 Å². The fourth-order valence-corrected chi connectivity index (χ4v) is 6.87. The lowest BCUT2D eigenvalue weighted by Gasteiger charge is -2.07. The molecule has 0 atom stereocenters. The molecular formula is C36H20N2O2S. The number of thiophene rings is 1. The Morgan fingerprint density at radius 1 is 0.512 bits per heavy atom. The summed E-state index contributed by atoms with van der Waals surface area (Å²) in [7, 11) is 0. The van der Waals surface area contributed by atoms with Crippen LogP contribution in [0.4, 0.5) is 0 Å². The number of aromatic nitrogens is 2. The minimum Gasteiger partial charge on any atom is -0.454 e. The molecule has 192 valence electrons. The maximum absolute atomic E-state index is 6.47. The van der Waals surface area contributed by atoms with Gasteiger partial charge in [0, 0.05) is 26.6 Å². The van der Waals surface area contributed by atoms with Gasteiger partial charge in [-0.05, 0) is 47.5 Å². The quantitative estimate of drug-likeness (QED) is 0.222. The predicted molar refractivity (Wildman–Crippen MR) is 168 cm³/mol. The third-order valence-corrected chi connectivity index (χ3v) is 8.91. The van der Waals surface area contributed by atoms with E-state index in [1.807, 2.05) is 36.4 Å². The van der Waals surface area contributed by atoms with Crippen molar-refractivity contribution in [2.45, 2.75) is 0 Å². The van der Waals surface area contributed by atoms with Crippen molar-refractivity contribution in [2.24, 2.45) is 0 Å². The van der Waals surface area contributed by atoms with E-state index < -0.39 is 0 Å². The first-order valence-corrected chi connectivity index (χ1v) is 14.3. The molecule has 0 saturated carbocycles. The summed E-state index contributed by atoms with van der Waals surface area (Å²) in [6.45, 7) is 0. The van der Waals surface area contributed by atoms with Gasteiger partial charge >= 0.3 is 0 Å². The summed E-state index contributed by atoms with van der Waals surface area (Å²) in [5, 5.41) is 3.31. The predicted octanol–water partition coefficient (Wildman–Crippen LogP) is 10.5. The van der Waals surface area contributed by atoms with Crippen LogP contribution in [0.5, 0.6) is 0 Å². The highest BCUT2D eigenvalue weighted by atomic mass is 32.1. The van der Waals surface area contributed by atoms with E-state index in [9.17, 15) is 0 Å². The summed E-state index contributed by atoms with van der Waals surface area (Å²) in [4.78, 5) is 9.91. The van der Waals surface area contributed by atoms with Crippen LogP contribution in [-0.4, -0.2) is 9.97 Å². The monoisotopic (exact) mass is 544 g/mol. The van der Waals surface area contributed by atoms with Gasteiger partial charge in [-0.15, -0.1) is 11.3 Å². The number of fused-ring (bicyclic) bond motifs is 8. The molecule has 4 nitrogen and oxygen atoms in total. The Hall–Kier alpha value is -5.26. The van der Waals surface area contributed by atoms with Crippen LogP contribution in [0.3, 0.4) is 0 Å². The lowest BCUT2D eigenvalue weighted by molar-refractivity contribution is 0.620. The highest BCUT2D eigenvalue weighted by molar-refractivity contribution is 7.26. The fraction of sp³-hybridized carbons (Fsp3) is 0. The Balaban J connectivity index is 1.15. The Bertz CT molecular complexity index is 2380. The number of furan rings is 1. The molecule has 9 aromatic rings. The highest BCUT2D eigenvalue weighted by Crippen LogP contribution is 2.44. The zero-order chi connectivity index (χ0) is 26.9. The molecule has 0 aliphatic heterocycles. The van der Waals surface area contributed by atoms with Crippen molar-refractivity contribution in [1.82, 2.24) is 9.97 Å². The molecule has 0 aliphatic rings. The van der Waals surface area contributed by atoms with Crippen molar-refractivity contribution >= 4 is 64.7 Å². The molecule has 5 aromatic carbocycles. The Morgan fingerprint density at radius 2 is 1.15 bits per heavy atom. The highest BCUT2D eigenvalue weighted by Gasteiger charge is 2.20. The average Bonchev–Trinajstić information content (AvgIpc) is 3.74. The van der Waals surface area contributed by atoms with Gasteiger partial charge in [-0.3, -0.25) is 0 Å². The van der Waals surface area contributed by atoms with E-state index >= 15 is 0 Å². The molecule has 4 heterocycles. The van der Waals surface area contributed by atoms with Gasteiger partial charge in [-0.1, -0.05) is 84.9 Å². The van der Waals surface area contributed by atoms with E-state index in [0.29, 0.717) is 5.89 Å². The van der Waals surface area contributed by atoms with Crippen LogP contribution in [0.2, 0.25) is 0 Å². The maximum atomic E-state index is 6.47. The number of oxazole rings is 1. The zero-order valence-corrected chi connectivity index (χ0v) is 22.5. The van der Waals surface area contributed by atoms with Crippen LogP contribution in [0.1, 0.15) is 0 Å². The van der Waals surface area contributed by atoms with Gasteiger partial charge in [0.1, 0.15) is 11.1 Å². The van der Waals surface area contributed by atoms with Crippen LogP contribution >= 0.6 is 11.3 Å². The van der Waals surface area contributed by atoms with Crippen molar-refractivity contribution in [2.75, 3.05) is 0 Å². The lowest BCUT2D eigenvalue weighted by Crippen LogP contribution is -1.87. The molecule has 0 radical (unpaired) electrons. The van der Waals surface area contributed by atoms with E-state index in [1.165, 1.54) is 4.70 Å². The molecular weight excluding hydrogens is 524 g/mol. The number of para-hydroxylation sites is 3. The summed E-state index contributed by atoms with van der Waals surface area (Å²) in [5.41, 5.74) is 9.66. The number of hydrogen-bond donors (Lipinski definition) is 0. The van der Waals surface area contributed by atoms with Gasteiger partial charge in [-0.2, -0.15) is 0 Å². The Kier molecular flexibility index (Phi) is 4.74. The van der Waals surface area contributed by atoms with Crippen LogP contribution < -0.4 is 0 Å². The fourth-order valence-electron chi connectivity index (χ4n) is 5.74. The molecule has 4 aromatic heterocycles. The van der Waals surface area contributed by atoms with Crippen molar-refractivity contribution < 1.29 is 8.83 Å². The van der Waals surface area contributed by atoms with Crippen molar-refractivity contribution in [3.05, 3.63) is 121 Å². The number of rotatable bonds is 3. The van der Waals surface area contributed by atoms with Crippen molar-refractivity contribution in [3.8, 4) is 33.8 Å². The van der Waals surface area contributed by atoms with Gasteiger partial charge in [0.15, 0.2) is 11.2 Å². The van der Waals surface area contributed by atoms with Gasteiger partial charge < -0.3 is 8.83 Å². The van der Waals surface area contributed by atoms with Gasteiger partial charge in [-0.25, -0.2) is 9.97 Å². The molecule has 0 unspecified atom stereocenters. The summed E-state index contributed by atoms with van der Waals surface area (Å²) >= 11 is 1.74. The van der Waals surface area contributed by atoms with Crippen molar-refractivity contribution in [3.63, 3.8) is 0 Å². The average molecular weight is 545 g/mol. The normalized spacial score (nSPS) is 11.9. The molecule has 0 spiro atoms. The lowest BCUT2D eigenvalue weighted by atomic mass is 9.99. The molecule has 5 heteroatoms. The first-order valence-electron chi connectivity index (χ1n) is 13.5. The molecule has 0 bridgehead atoms. The van der Waals surface area contributed by atoms with E-state index in [1.54, 1.807) is 11.3 Å². The maximum Gasteiger partial charge on any atom is 0.227 e. The summed E-state index contributed by atoms with van der Waals surface area (Å²) in [6, 6.07) is 41.5. The number of pyridine rings is 1. The molecule has 0 amide bonds. The van der Waals surface area contributed by atoms with E-state index in [4.69, 9.17) is 13.8 Å². The third-order valence-electron chi connectivity index (χ3n) is 7.75. The molecule has 0 fully saturated rings.